The summed E-state index contributed by atoms with van der Waals surface area (Å²) >= 11 is 0. The Morgan fingerprint density at radius 1 is 1.12 bits per heavy atom. The summed E-state index contributed by atoms with van der Waals surface area (Å²) in [7, 11) is -3.37. The average Bonchev–Trinajstić information content (AvgIpc) is 2.16. The van der Waals surface area contributed by atoms with E-state index in [0.29, 0.717) is 6.42 Å². The molecule has 0 amide bonds. The lowest BCUT2D eigenvalue weighted by Crippen LogP contribution is -2.22. The van der Waals surface area contributed by atoms with Crippen LogP contribution in [0, 0.1) is 0 Å². The van der Waals surface area contributed by atoms with E-state index in [0.717, 1.165) is 12.8 Å². The van der Waals surface area contributed by atoms with Crippen molar-refractivity contribution in [2.45, 2.75) is 39.5 Å². The molecule has 0 aliphatic rings. The van der Waals surface area contributed by atoms with Gasteiger partial charge < -0.3 is 4.74 Å². The van der Waals surface area contributed by atoms with Crippen LogP contribution in [-0.4, -0.2) is 38.3 Å². The van der Waals surface area contributed by atoms with Crippen LogP contribution in [0.1, 0.15) is 39.5 Å². The van der Waals surface area contributed by atoms with E-state index in [1.807, 2.05) is 6.92 Å². The highest BCUT2D eigenvalue weighted by molar-refractivity contribution is 7.92. The second kappa shape index (κ2) is 8.22. The van der Waals surface area contributed by atoms with Crippen LogP contribution in [0.5, 0.6) is 0 Å². The van der Waals surface area contributed by atoms with Crippen molar-refractivity contribution in [2.75, 3.05) is 18.1 Å². The van der Waals surface area contributed by atoms with Crippen molar-refractivity contribution in [1.29, 1.82) is 0 Å². The first kappa shape index (κ1) is 16.1. The van der Waals surface area contributed by atoms with E-state index < -0.39 is 33.8 Å². The third-order valence-corrected chi connectivity index (χ3v) is 3.76. The Balaban J connectivity index is 4.05. The molecule has 17 heavy (non-hydrogen) atoms. The molecule has 0 heterocycles. The predicted octanol–water partition coefficient (Wildman–Crippen LogP) is 1.11. The molecule has 100 valence electrons. The van der Waals surface area contributed by atoms with Gasteiger partial charge in [0.2, 0.25) is 0 Å². The smallest absolute Gasteiger partial charge is 0.313 e. The van der Waals surface area contributed by atoms with Crippen molar-refractivity contribution in [3.05, 3.63) is 0 Å². The zero-order chi connectivity index (χ0) is 13.3. The summed E-state index contributed by atoms with van der Waals surface area (Å²) in [6, 6.07) is 0. The second-order valence-corrected chi connectivity index (χ2v) is 6.00. The number of ketones is 1. The van der Waals surface area contributed by atoms with Crippen molar-refractivity contribution in [1.82, 2.24) is 0 Å². The van der Waals surface area contributed by atoms with E-state index in [1.54, 1.807) is 6.92 Å². The number of Topliss-reactive ketones (excluding diaryl/α,β-unsaturated/α-hetero) is 1. The first-order valence-electron chi connectivity index (χ1n) is 5.79. The van der Waals surface area contributed by atoms with Crippen LogP contribution in [0.15, 0.2) is 0 Å². The maximum atomic E-state index is 11.5. The quantitative estimate of drug-likeness (QED) is 0.354. The van der Waals surface area contributed by atoms with Crippen LogP contribution in [0.4, 0.5) is 0 Å². The summed E-state index contributed by atoms with van der Waals surface area (Å²) in [6.45, 7) is 3.79. The van der Waals surface area contributed by atoms with E-state index in [2.05, 4.69) is 4.74 Å². The zero-order valence-electron chi connectivity index (χ0n) is 10.4. The number of carbonyl (C=O) groups excluding carboxylic acids is 2. The number of hydrogen-bond donors (Lipinski definition) is 0. The highest BCUT2D eigenvalue weighted by Crippen LogP contribution is 2.02. The Morgan fingerprint density at radius 3 is 2.29 bits per heavy atom. The molecule has 0 aliphatic carbocycles. The van der Waals surface area contributed by atoms with Gasteiger partial charge in [0, 0.05) is 0 Å². The summed E-state index contributed by atoms with van der Waals surface area (Å²) < 4.78 is 27.5. The number of carbonyl (C=O) groups is 2. The lowest BCUT2D eigenvalue weighted by Gasteiger charge is -2.03. The molecular weight excluding hydrogens is 244 g/mol. The normalized spacial score (nSPS) is 11.2. The van der Waals surface area contributed by atoms with E-state index in [9.17, 15) is 18.0 Å². The maximum absolute atomic E-state index is 11.5. The minimum absolute atomic E-state index is 0.00933. The van der Waals surface area contributed by atoms with Crippen molar-refractivity contribution in [2.24, 2.45) is 0 Å². The van der Waals surface area contributed by atoms with E-state index in [-0.39, 0.29) is 12.4 Å². The van der Waals surface area contributed by atoms with Crippen molar-refractivity contribution < 1.29 is 22.7 Å². The summed E-state index contributed by atoms with van der Waals surface area (Å²) in [5.41, 5.74) is 0. The first-order chi connectivity index (χ1) is 7.91. The van der Waals surface area contributed by atoms with Gasteiger partial charge in [0.1, 0.15) is 12.2 Å². The number of esters is 1. The minimum Gasteiger partial charge on any atom is -0.466 e. The summed E-state index contributed by atoms with van der Waals surface area (Å²) in [6.07, 6.45) is 1.85. The summed E-state index contributed by atoms with van der Waals surface area (Å²) in [5, 5.41) is 0. The lowest BCUT2D eigenvalue weighted by molar-refractivity contribution is -0.145. The van der Waals surface area contributed by atoms with Crippen LogP contribution in [-0.2, 0) is 24.2 Å². The fourth-order valence-electron chi connectivity index (χ4n) is 1.31. The third kappa shape index (κ3) is 8.85. The van der Waals surface area contributed by atoms with Gasteiger partial charge >= 0.3 is 5.97 Å². The number of unbranched alkanes of at least 4 members (excludes halogenated alkanes) is 2. The van der Waals surface area contributed by atoms with Crippen LogP contribution in [0.25, 0.3) is 0 Å². The van der Waals surface area contributed by atoms with Gasteiger partial charge in [-0.1, -0.05) is 19.8 Å². The van der Waals surface area contributed by atoms with Crippen LogP contribution < -0.4 is 0 Å². The molecule has 0 spiro atoms. The van der Waals surface area contributed by atoms with Gasteiger partial charge in [0.05, 0.1) is 12.4 Å². The van der Waals surface area contributed by atoms with Crippen LogP contribution in [0.2, 0.25) is 0 Å². The molecule has 0 fully saturated rings. The van der Waals surface area contributed by atoms with Crippen molar-refractivity contribution in [3.8, 4) is 0 Å². The van der Waals surface area contributed by atoms with Gasteiger partial charge in [0.25, 0.3) is 0 Å². The molecule has 0 radical (unpaired) electrons. The number of sulfone groups is 1. The number of rotatable bonds is 9. The minimum atomic E-state index is -3.37. The van der Waals surface area contributed by atoms with Gasteiger partial charge in [-0.3, -0.25) is 9.59 Å². The van der Waals surface area contributed by atoms with Gasteiger partial charge in [-0.15, -0.1) is 0 Å². The standard InChI is InChI=1S/C11H20O5S/c1-3-5-6-7-17(14,15)9-10(12)8-11(13)16-4-2/h3-9H2,1-2H3. The van der Waals surface area contributed by atoms with Crippen LogP contribution >= 0.6 is 0 Å². The fraction of sp³-hybridized carbons (Fsp3) is 0.818. The third-order valence-electron chi connectivity index (χ3n) is 2.09. The molecule has 0 N–H and O–H groups in total. The Hall–Kier alpha value is -0.910. The first-order valence-corrected chi connectivity index (χ1v) is 7.61. The van der Waals surface area contributed by atoms with Crippen molar-refractivity contribution >= 4 is 21.6 Å². The molecule has 0 aromatic rings. The molecule has 0 saturated carbocycles. The van der Waals surface area contributed by atoms with E-state index in [4.69, 9.17) is 0 Å². The largest absolute Gasteiger partial charge is 0.466 e. The SMILES string of the molecule is CCCCCS(=O)(=O)CC(=O)CC(=O)OCC. The lowest BCUT2D eigenvalue weighted by atomic mass is 10.3. The van der Waals surface area contributed by atoms with Gasteiger partial charge in [-0.25, -0.2) is 8.42 Å². The molecule has 0 saturated heterocycles. The topological polar surface area (TPSA) is 77.5 Å². The highest BCUT2D eigenvalue weighted by atomic mass is 32.2. The molecular formula is C11H20O5S. The molecule has 0 rings (SSSR count). The summed E-state index contributed by atoms with van der Waals surface area (Å²) in [5.74, 6) is -1.81. The molecule has 0 aliphatic heterocycles. The van der Waals surface area contributed by atoms with Gasteiger partial charge in [-0.2, -0.15) is 0 Å². The Kier molecular flexibility index (Phi) is 7.78. The molecule has 0 unspecified atom stereocenters. The molecule has 0 aromatic carbocycles. The Labute approximate surface area is 102 Å². The van der Waals surface area contributed by atoms with E-state index >= 15 is 0 Å². The monoisotopic (exact) mass is 264 g/mol. The van der Waals surface area contributed by atoms with Crippen molar-refractivity contribution in [3.63, 3.8) is 0 Å². The van der Waals surface area contributed by atoms with Gasteiger partial charge in [-0.05, 0) is 13.3 Å². The highest BCUT2D eigenvalue weighted by Gasteiger charge is 2.19. The van der Waals surface area contributed by atoms with Crippen LogP contribution in [0.3, 0.4) is 0 Å². The predicted molar refractivity (Wildman–Crippen MR) is 64.4 cm³/mol. The van der Waals surface area contributed by atoms with Gasteiger partial charge in [0.15, 0.2) is 15.6 Å². The Morgan fingerprint density at radius 2 is 1.76 bits per heavy atom. The maximum Gasteiger partial charge on any atom is 0.313 e. The summed E-state index contributed by atoms with van der Waals surface area (Å²) in [4.78, 5) is 22.3. The fourth-order valence-corrected chi connectivity index (χ4v) is 2.69. The van der Waals surface area contributed by atoms with E-state index in [1.165, 1.54) is 0 Å². The molecule has 6 heteroatoms. The number of ether oxygens (including phenoxy) is 1. The molecule has 0 aromatic heterocycles. The zero-order valence-corrected chi connectivity index (χ0v) is 11.2. The molecule has 0 atom stereocenters. The Bertz CT molecular complexity index is 345. The molecule has 0 bridgehead atoms. The second-order valence-electron chi connectivity index (χ2n) is 3.82. The number of hydrogen-bond acceptors (Lipinski definition) is 5. The molecule has 5 nitrogen and oxygen atoms in total. The average molecular weight is 264 g/mol.